The molecule has 5 heteroatoms. The Bertz CT molecular complexity index is 296. The van der Waals surface area contributed by atoms with E-state index in [1.807, 2.05) is 13.8 Å². The molecule has 15 heavy (non-hydrogen) atoms. The molecule has 1 amide bonds. The second kappa shape index (κ2) is 5.38. The number of carbonyl (C=O) groups excluding carboxylic acids is 1. The van der Waals surface area contributed by atoms with Crippen LogP contribution in [0.25, 0.3) is 0 Å². The molecule has 0 spiro atoms. The summed E-state index contributed by atoms with van der Waals surface area (Å²) < 4.78 is 5.06. The predicted octanol–water partition coefficient (Wildman–Crippen LogP) is 1.63. The molecule has 0 aliphatic carbocycles. The van der Waals surface area contributed by atoms with Crippen LogP contribution < -0.4 is 0 Å². The Morgan fingerprint density at radius 1 is 1.67 bits per heavy atom. The summed E-state index contributed by atoms with van der Waals surface area (Å²) in [5, 5.41) is 0. The smallest absolute Gasteiger partial charge is 0.409 e. The standard InChI is InChI=1S/C10H17N3O2/c1-8(2)7-15-10(14)13(3)6-9-11-4-5-12-9/h4-5,8H,6-7H2,1-3H3,(H,11,12). The lowest BCUT2D eigenvalue weighted by molar-refractivity contribution is 0.0974. The number of rotatable bonds is 4. The molecule has 0 aromatic carbocycles. The van der Waals surface area contributed by atoms with Gasteiger partial charge in [0.05, 0.1) is 13.2 Å². The Labute approximate surface area is 89.4 Å². The van der Waals surface area contributed by atoms with Crippen LogP contribution in [0, 0.1) is 5.92 Å². The van der Waals surface area contributed by atoms with Gasteiger partial charge in [-0.1, -0.05) is 13.8 Å². The van der Waals surface area contributed by atoms with Crippen molar-refractivity contribution in [1.82, 2.24) is 14.9 Å². The van der Waals surface area contributed by atoms with Crippen LogP contribution in [0.5, 0.6) is 0 Å². The number of carbonyl (C=O) groups is 1. The number of ether oxygens (including phenoxy) is 1. The molecule has 0 aliphatic rings. The van der Waals surface area contributed by atoms with Crippen molar-refractivity contribution in [2.75, 3.05) is 13.7 Å². The summed E-state index contributed by atoms with van der Waals surface area (Å²) in [5.74, 6) is 1.10. The Kier molecular flexibility index (Phi) is 4.15. The quantitative estimate of drug-likeness (QED) is 0.823. The van der Waals surface area contributed by atoms with Crippen molar-refractivity contribution in [2.45, 2.75) is 20.4 Å². The Hall–Kier alpha value is -1.52. The summed E-state index contributed by atoms with van der Waals surface area (Å²) in [6.45, 7) is 4.88. The van der Waals surface area contributed by atoms with Crippen LogP contribution in [0.3, 0.4) is 0 Å². The zero-order chi connectivity index (χ0) is 11.3. The second-order valence-corrected chi connectivity index (χ2v) is 3.86. The molecule has 0 saturated heterocycles. The number of nitrogens with zero attached hydrogens (tertiary/aromatic N) is 2. The number of imidazole rings is 1. The van der Waals surface area contributed by atoms with Gasteiger partial charge in [-0.2, -0.15) is 0 Å². The first kappa shape index (κ1) is 11.6. The van der Waals surface area contributed by atoms with E-state index >= 15 is 0 Å². The van der Waals surface area contributed by atoms with Crippen LogP contribution in [0.4, 0.5) is 4.79 Å². The van der Waals surface area contributed by atoms with E-state index in [0.29, 0.717) is 19.1 Å². The molecule has 5 nitrogen and oxygen atoms in total. The maximum atomic E-state index is 11.4. The van der Waals surface area contributed by atoms with Gasteiger partial charge in [-0.3, -0.25) is 0 Å². The average molecular weight is 211 g/mol. The summed E-state index contributed by atoms with van der Waals surface area (Å²) in [4.78, 5) is 19.9. The maximum absolute atomic E-state index is 11.4. The van der Waals surface area contributed by atoms with E-state index in [0.717, 1.165) is 5.82 Å². The SMILES string of the molecule is CC(C)COC(=O)N(C)Cc1ncc[nH]1. The van der Waals surface area contributed by atoms with Gasteiger partial charge in [-0.05, 0) is 5.92 Å². The van der Waals surface area contributed by atoms with Gasteiger partial charge in [-0.15, -0.1) is 0 Å². The third kappa shape index (κ3) is 4.01. The van der Waals surface area contributed by atoms with E-state index in [1.54, 1.807) is 19.4 Å². The lowest BCUT2D eigenvalue weighted by Crippen LogP contribution is -2.28. The van der Waals surface area contributed by atoms with E-state index in [1.165, 1.54) is 4.90 Å². The van der Waals surface area contributed by atoms with Crippen molar-refractivity contribution in [2.24, 2.45) is 5.92 Å². The largest absolute Gasteiger partial charge is 0.449 e. The summed E-state index contributed by atoms with van der Waals surface area (Å²) >= 11 is 0. The molecule has 1 aromatic rings. The highest BCUT2D eigenvalue weighted by Crippen LogP contribution is 2.00. The van der Waals surface area contributed by atoms with Gasteiger partial charge in [-0.25, -0.2) is 9.78 Å². The molecule has 1 rings (SSSR count). The van der Waals surface area contributed by atoms with Crippen molar-refractivity contribution in [3.05, 3.63) is 18.2 Å². The Balaban J connectivity index is 2.33. The van der Waals surface area contributed by atoms with Gasteiger partial charge in [0.2, 0.25) is 0 Å². The topological polar surface area (TPSA) is 58.2 Å². The van der Waals surface area contributed by atoms with Crippen LogP contribution in [0.1, 0.15) is 19.7 Å². The van der Waals surface area contributed by atoms with Gasteiger partial charge >= 0.3 is 6.09 Å². The number of amides is 1. The third-order valence-corrected chi connectivity index (χ3v) is 1.79. The first-order valence-electron chi connectivity index (χ1n) is 4.95. The number of aromatic amines is 1. The number of nitrogens with one attached hydrogen (secondary N) is 1. The lowest BCUT2D eigenvalue weighted by Gasteiger charge is -2.16. The van der Waals surface area contributed by atoms with Gasteiger partial charge in [0.15, 0.2) is 0 Å². The fraction of sp³-hybridized carbons (Fsp3) is 0.600. The number of hydrogen-bond acceptors (Lipinski definition) is 3. The minimum Gasteiger partial charge on any atom is -0.449 e. The molecule has 0 aliphatic heterocycles. The van der Waals surface area contributed by atoms with Crippen molar-refractivity contribution in [1.29, 1.82) is 0 Å². The van der Waals surface area contributed by atoms with E-state index in [9.17, 15) is 4.79 Å². The van der Waals surface area contributed by atoms with E-state index < -0.39 is 0 Å². The molecule has 1 aromatic heterocycles. The lowest BCUT2D eigenvalue weighted by atomic mass is 10.2. The third-order valence-electron chi connectivity index (χ3n) is 1.79. The Morgan fingerprint density at radius 2 is 2.40 bits per heavy atom. The number of H-pyrrole nitrogens is 1. The zero-order valence-electron chi connectivity index (χ0n) is 9.36. The number of aromatic nitrogens is 2. The second-order valence-electron chi connectivity index (χ2n) is 3.86. The van der Waals surface area contributed by atoms with E-state index in [-0.39, 0.29) is 6.09 Å². The molecule has 0 fully saturated rings. The molecule has 84 valence electrons. The van der Waals surface area contributed by atoms with Gasteiger partial charge in [0, 0.05) is 19.4 Å². The molecule has 1 N–H and O–H groups in total. The predicted molar refractivity (Wildman–Crippen MR) is 56.2 cm³/mol. The van der Waals surface area contributed by atoms with E-state index in [2.05, 4.69) is 9.97 Å². The average Bonchev–Trinajstić information content (AvgIpc) is 2.66. The normalized spacial score (nSPS) is 10.4. The highest BCUT2D eigenvalue weighted by atomic mass is 16.6. The molecule has 0 radical (unpaired) electrons. The van der Waals surface area contributed by atoms with E-state index in [4.69, 9.17) is 4.74 Å². The highest BCUT2D eigenvalue weighted by molar-refractivity contribution is 5.67. The minimum atomic E-state index is -0.319. The highest BCUT2D eigenvalue weighted by Gasteiger charge is 2.11. The summed E-state index contributed by atoms with van der Waals surface area (Å²) in [7, 11) is 1.69. The molecule has 1 heterocycles. The molecule has 0 saturated carbocycles. The van der Waals surface area contributed by atoms with Crippen molar-refractivity contribution < 1.29 is 9.53 Å². The van der Waals surface area contributed by atoms with Crippen molar-refractivity contribution in [3.63, 3.8) is 0 Å². The zero-order valence-corrected chi connectivity index (χ0v) is 9.36. The van der Waals surface area contributed by atoms with Crippen LogP contribution in [0.15, 0.2) is 12.4 Å². The fourth-order valence-corrected chi connectivity index (χ4v) is 1.02. The van der Waals surface area contributed by atoms with Crippen LogP contribution in [-0.2, 0) is 11.3 Å². The van der Waals surface area contributed by atoms with Gasteiger partial charge in [0.25, 0.3) is 0 Å². The van der Waals surface area contributed by atoms with Crippen LogP contribution in [0.2, 0.25) is 0 Å². The first-order valence-corrected chi connectivity index (χ1v) is 4.95. The fourth-order valence-electron chi connectivity index (χ4n) is 1.02. The Morgan fingerprint density at radius 3 is 2.93 bits per heavy atom. The molecule has 0 atom stereocenters. The van der Waals surface area contributed by atoms with Gasteiger partial charge < -0.3 is 14.6 Å². The van der Waals surface area contributed by atoms with Crippen LogP contribution in [-0.4, -0.2) is 34.6 Å². The summed E-state index contributed by atoms with van der Waals surface area (Å²) in [6, 6.07) is 0. The molecule has 0 unspecified atom stereocenters. The van der Waals surface area contributed by atoms with Crippen molar-refractivity contribution in [3.8, 4) is 0 Å². The van der Waals surface area contributed by atoms with Gasteiger partial charge in [0.1, 0.15) is 5.82 Å². The number of hydrogen-bond donors (Lipinski definition) is 1. The maximum Gasteiger partial charge on any atom is 0.409 e. The molecular formula is C10H17N3O2. The van der Waals surface area contributed by atoms with Crippen molar-refractivity contribution >= 4 is 6.09 Å². The first-order chi connectivity index (χ1) is 7.09. The minimum absolute atomic E-state index is 0.319. The monoisotopic (exact) mass is 211 g/mol. The van der Waals surface area contributed by atoms with Crippen LogP contribution >= 0.6 is 0 Å². The summed E-state index contributed by atoms with van der Waals surface area (Å²) in [5.41, 5.74) is 0. The summed E-state index contributed by atoms with van der Waals surface area (Å²) in [6.07, 6.45) is 3.06. The molecular weight excluding hydrogens is 194 g/mol. The molecule has 0 bridgehead atoms.